The minimum atomic E-state index is -0.422. The highest BCUT2D eigenvalue weighted by Gasteiger charge is 2.21. The maximum Gasteiger partial charge on any atom is 0.410 e. The van der Waals surface area contributed by atoms with Gasteiger partial charge < -0.3 is 15.0 Å². The Morgan fingerprint density at radius 3 is 2.45 bits per heavy atom. The molecule has 1 amide bonds. The summed E-state index contributed by atoms with van der Waals surface area (Å²) in [5.41, 5.74) is -0.422. The van der Waals surface area contributed by atoms with E-state index < -0.39 is 5.60 Å². The Kier molecular flexibility index (Phi) is 11.0. The Morgan fingerprint density at radius 2 is 1.90 bits per heavy atom. The van der Waals surface area contributed by atoms with E-state index in [1.165, 1.54) is 18.6 Å². The monoisotopic (exact) mass is 304 g/mol. The predicted octanol–water partition coefficient (Wildman–Crippen LogP) is 3.37. The third kappa shape index (κ3) is 11.4. The smallest absolute Gasteiger partial charge is 0.410 e. The van der Waals surface area contributed by atoms with E-state index in [1.54, 1.807) is 4.90 Å². The number of rotatable bonds is 10. The van der Waals surface area contributed by atoms with Crippen LogP contribution in [0.4, 0.5) is 4.79 Å². The van der Waals surface area contributed by atoms with Crippen molar-refractivity contribution >= 4 is 17.9 Å². The minimum absolute atomic E-state index is 0.205. The van der Waals surface area contributed by atoms with Gasteiger partial charge in [-0.2, -0.15) is 11.8 Å². The summed E-state index contributed by atoms with van der Waals surface area (Å²) < 4.78 is 5.42. The van der Waals surface area contributed by atoms with Crippen LogP contribution in [0.5, 0.6) is 0 Å². The number of thioether (sulfide) groups is 1. The van der Waals surface area contributed by atoms with Gasteiger partial charge in [-0.25, -0.2) is 4.79 Å². The lowest BCUT2D eigenvalue weighted by molar-refractivity contribution is 0.0252. The second kappa shape index (κ2) is 11.3. The van der Waals surface area contributed by atoms with Crippen molar-refractivity contribution in [1.82, 2.24) is 10.2 Å². The van der Waals surface area contributed by atoms with Crippen LogP contribution in [0.2, 0.25) is 0 Å². The van der Waals surface area contributed by atoms with E-state index >= 15 is 0 Å². The van der Waals surface area contributed by atoms with E-state index in [9.17, 15) is 4.79 Å². The molecule has 0 saturated carbocycles. The molecule has 120 valence electrons. The lowest BCUT2D eigenvalue weighted by Crippen LogP contribution is -2.41. The van der Waals surface area contributed by atoms with Crippen molar-refractivity contribution in [3.05, 3.63) is 0 Å². The number of carbonyl (C=O) groups excluding carboxylic acids is 1. The van der Waals surface area contributed by atoms with Crippen LogP contribution < -0.4 is 5.32 Å². The highest BCUT2D eigenvalue weighted by Crippen LogP contribution is 2.10. The molecule has 0 heterocycles. The zero-order chi connectivity index (χ0) is 15.4. The van der Waals surface area contributed by atoms with Gasteiger partial charge in [0.1, 0.15) is 5.60 Å². The molecule has 0 aromatic rings. The molecule has 0 rings (SSSR count). The average molecular weight is 305 g/mol. The quantitative estimate of drug-likeness (QED) is 0.628. The fraction of sp³-hybridized carbons (Fsp3) is 0.933. The lowest BCUT2D eigenvalue weighted by atomic mass is 10.2. The zero-order valence-electron chi connectivity index (χ0n) is 13.8. The number of nitrogens with one attached hydrogen (secondary N) is 1. The van der Waals surface area contributed by atoms with Gasteiger partial charge in [0.15, 0.2) is 0 Å². The number of hydrogen-bond acceptors (Lipinski definition) is 4. The maximum atomic E-state index is 12.0. The maximum absolute atomic E-state index is 12.0. The molecule has 4 nitrogen and oxygen atoms in total. The Labute approximate surface area is 129 Å². The van der Waals surface area contributed by atoms with E-state index in [-0.39, 0.29) is 6.09 Å². The molecule has 0 saturated heterocycles. The molecule has 0 aromatic carbocycles. The van der Waals surface area contributed by atoms with Gasteiger partial charge in [0.2, 0.25) is 0 Å². The summed E-state index contributed by atoms with van der Waals surface area (Å²) in [4.78, 5) is 13.8. The summed E-state index contributed by atoms with van der Waals surface area (Å²) in [5.74, 6) is 1.22. The molecule has 0 aliphatic carbocycles. The third-order valence-electron chi connectivity index (χ3n) is 2.66. The number of ether oxygens (including phenoxy) is 1. The first-order valence-electron chi connectivity index (χ1n) is 7.58. The fourth-order valence-corrected chi connectivity index (χ4v) is 2.22. The molecular formula is C15H32N2O2S. The van der Waals surface area contributed by atoms with Crippen molar-refractivity contribution in [2.24, 2.45) is 0 Å². The van der Waals surface area contributed by atoms with Crippen molar-refractivity contribution in [2.45, 2.75) is 52.6 Å². The molecule has 0 fully saturated rings. The van der Waals surface area contributed by atoms with Crippen LogP contribution in [0.15, 0.2) is 0 Å². The van der Waals surface area contributed by atoms with Crippen LogP contribution >= 0.6 is 11.8 Å². The first-order chi connectivity index (χ1) is 9.40. The Hall–Kier alpha value is -0.420. The van der Waals surface area contributed by atoms with Crippen LogP contribution in [0.25, 0.3) is 0 Å². The Balaban J connectivity index is 3.88. The number of unbranched alkanes of at least 4 members (excludes halogenated alkanes) is 1. The summed E-state index contributed by atoms with van der Waals surface area (Å²) in [6, 6.07) is 0. The second-order valence-corrected chi connectivity index (χ2v) is 6.90. The number of carbonyl (C=O) groups is 1. The van der Waals surface area contributed by atoms with Crippen molar-refractivity contribution in [1.29, 1.82) is 0 Å². The third-order valence-corrected chi connectivity index (χ3v) is 3.35. The lowest BCUT2D eigenvalue weighted by Gasteiger charge is -2.27. The zero-order valence-corrected chi connectivity index (χ0v) is 14.6. The molecule has 20 heavy (non-hydrogen) atoms. The number of amides is 1. The van der Waals surface area contributed by atoms with Gasteiger partial charge in [-0.15, -0.1) is 0 Å². The normalized spacial score (nSPS) is 11.4. The standard InChI is InChI=1S/C15H32N2O2S/c1-6-11-17(14(18)19-15(2,3)4)12-10-16-9-7-8-13-20-5/h16H,6-13H2,1-5H3. The van der Waals surface area contributed by atoms with Crippen LogP contribution in [0, 0.1) is 0 Å². The average Bonchev–Trinajstić information content (AvgIpc) is 2.34. The van der Waals surface area contributed by atoms with Crippen LogP contribution in [-0.4, -0.2) is 54.8 Å². The first-order valence-corrected chi connectivity index (χ1v) is 8.97. The van der Waals surface area contributed by atoms with Crippen LogP contribution in [-0.2, 0) is 4.74 Å². The topological polar surface area (TPSA) is 41.6 Å². The van der Waals surface area contributed by atoms with E-state index in [0.29, 0.717) is 6.54 Å². The molecule has 0 spiro atoms. The molecular weight excluding hydrogens is 272 g/mol. The molecule has 0 atom stereocenters. The summed E-state index contributed by atoms with van der Waals surface area (Å²) in [7, 11) is 0. The van der Waals surface area contributed by atoms with Gasteiger partial charge in [-0.1, -0.05) is 6.92 Å². The molecule has 0 aliphatic heterocycles. The van der Waals surface area contributed by atoms with E-state index in [0.717, 1.165) is 26.1 Å². The van der Waals surface area contributed by atoms with Gasteiger partial charge in [0.25, 0.3) is 0 Å². The molecule has 0 unspecified atom stereocenters. The number of hydrogen-bond donors (Lipinski definition) is 1. The summed E-state index contributed by atoms with van der Waals surface area (Å²) in [6.45, 7) is 11.1. The predicted molar refractivity (Wildman–Crippen MR) is 88.6 cm³/mol. The molecule has 5 heteroatoms. The van der Waals surface area contributed by atoms with Crippen LogP contribution in [0.3, 0.4) is 0 Å². The summed E-state index contributed by atoms with van der Waals surface area (Å²) in [5, 5.41) is 3.39. The molecule has 0 radical (unpaired) electrons. The molecule has 0 aliphatic rings. The highest BCUT2D eigenvalue weighted by atomic mass is 32.2. The van der Waals surface area contributed by atoms with Gasteiger partial charge in [0, 0.05) is 19.6 Å². The summed E-state index contributed by atoms with van der Waals surface area (Å²) in [6.07, 6.45) is 5.33. The van der Waals surface area contributed by atoms with Crippen molar-refractivity contribution in [2.75, 3.05) is 38.2 Å². The van der Waals surface area contributed by atoms with Crippen molar-refractivity contribution < 1.29 is 9.53 Å². The fourth-order valence-electron chi connectivity index (χ4n) is 1.73. The van der Waals surface area contributed by atoms with Gasteiger partial charge >= 0.3 is 6.09 Å². The molecule has 1 N–H and O–H groups in total. The number of nitrogens with zero attached hydrogens (tertiary/aromatic N) is 1. The van der Waals surface area contributed by atoms with Crippen molar-refractivity contribution in [3.63, 3.8) is 0 Å². The van der Waals surface area contributed by atoms with Gasteiger partial charge in [-0.3, -0.25) is 0 Å². The Bertz CT molecular complexity index is 255. The van der Waals surface area contributed by atoms with Crippen molar-refractivity contribution in [3.8, 4) is 0 Å². The second-order valence-electron chi connectivity index (χ2n) is 5.92. The van der Waals surface area contributed by atoms with Gasteiger partial charge in [-0.05, 0) is 58.6 Å². The Morgan fingerprint density at radius 1 is 1.20 bits per heavy atom. The van der Waals surface area contributed by atoms with E-state index in [2.05, 4.69) is 18.5 Å². The SMILES string of the molecule is CCCN(CCNCCCCSC)C(=O)OC(C)(C)C. The van der Waals surface area contributed by atoms with Crippen LogP contribution in [0.1, 0.15) is 47.0 Å². The van der Waals surface area contributed by atoms with E-state index in [4.69, 9.17) is 4.74 Å². The molecule has 0 aromatic heterocycles. The van der Waals surface area contributed by atoms with Gasteiger partial charge in [0.05, 0.1) is 0 Å². The van der Waals surface area contributed by atoms with E-state index in [1.807, 2.05) is 32.5 Å². The molecule has 0 bridgehead atoms. The minimum Gasteiger partial charge on any atom is -0.444 e. The largest absolute Gasteiger partial charge is 0.444 e. The highest BCUT2D eigenvalue weighted by molar-refractivity contribution is 7.98. The first kappa shape index (κ1) is 19.6. The summed E-state index contributed by atoms with van der Waals surface area (Å²) >= 11 is 1.89.